The molecule has 19 heavy (non-hydrogen) atoms. The second-order valence-corrected chi connectivity index (χ2v) is 4.52. The first-order valence-corrected chi connectivity index (χ1v) is 6.44. The molecule has 1 aromatic carbocycles. The predicted octanol–water partition coefficient (Wildman–Crippen LogP) is 3.04. The van der Waals surface area contributed by atoms with Crippen LogP contribution in [0, 0.1) is 6.92 Å². The van der Waals surface area contributed by atoms with Gasteiger partial charge in [-0.15, -0.1) is 0 Å². The van der Waals surface area contributed by atoms with Crippen molar-refractivity contribution in [3.8, 4) is 0 Å². The van der Waals surface area contributed by atoms with E-state index in [0.29, 0.717) is 23.4 Å². The van der Waals surface area contributed by atoms with Crippen molar-refractivity contribution in [3.05, 3.63) is 52.9 Å². The van der Waals surface area contributed by atoms with Crippen molar-refractivity contribution in [3.63, 3.8) is 0 Å². The van der Waals surface area contributed by atoms with E-state index in [4.69, 9.17) is 4.52 Å². The zero-order valence-corrected chi connectivity index (χ0v) is 11.4. The van der Waals surface area contributed by atoms with Gasteiger partial charge in [0.2, 0.25) is 0 Å². The van der Waals surface area contributed by atoms with Crippen molar-refractivity contribution in [2.45, 2.75) is 33.2 Å². The maximum absolute atomic E-state index is 12.3. The Bertz CT molecular complexity index is 561. The fourth-order valence-corrected chi connectivity index (χ4v) is 2.04. The number of carbonyl (C=O) groups excluding carboxylic acids is 1. The van der Waals surface area contributed by atoms with Crippen LogP contribution in [0.1, 0.15) is 47.3 Å². The summed E-state index contributed by atoms with van der Waals surface area (Å²) in [5.41, 5.74) is 2.34. The number of nitrogens with zero attached hydrogens (tertiary/aromatic N) is 1. The molecular weight excluding hydrogens is 240 g/mol. The second kappa shape index (κ2) is 5.69. The van der Waals surface area contributed by atoms with E-state index in [1.54, 1.807) is 6.92 Å². The molecule has 0 saturated carbocycles. The number of hydrogen-bond acceptors (Lipinski definition) is 3. The lowest BCUT2D eigenvalue weighted by molar-refractivity contribution is 0.0937. The summed E-state index contributed by atoms with van der Waals surface area (Å²) in [7, 11) is 0. The van der Waals surface area contributed by atoms with Crippen LogP contribution in [0.5, 0.6) is 0 Å². The van der Waals surface area contributed by atoms with E-state index in [1.807, 2.05) is 44.2 Å². The zero-order valence-electron chi connectivity index (χ0n) is 11.4. The van der Waals surface area contributed by atoms with Gasteiger partial charge in [-0.25, -0.2) is 0 Å². The smallest absolute Gasteiger partial charge is 0.257 e. The highest BCUT2D eigenvalue weighted by atomic mass is 16.5. The van der Waals surface area contributed by atoms with Gasteiger partial charge in [0.05, 0.1) is 11.7 Å². The molecule has 100 valence electrons. The average molecular weight is 258 g/mol. The number of benzene rings is 1. The van der Waals surface area contributed by atoms with Crippen LogP contribution in [0.3, 0.4) is 0 Å². The van der Waals surface area contributed by atoms with Crippen LogP contribution in [-0.4, -0.2) is 11.1 Å². The molecule has 4 nitrogen and oxygen atoms in total. The van der Waals surface area contributed by atoms with Crippen LogP contribution in [0.25, 0.3) is 0 Å². The van der Waals surface area contributed by atoms with Gasteiger partial charge in [0.1, 0.15) is 11.3 Å². The Morgan fingerprint density at radius 3 is 2.68 bits per heavy atom. The minimum absolute atomic E-state index is 0.0484. The molecule has 0 aliphatic heterocycles. The monoisotopic (exact) mass is 258 g/mol. The molecule has 0 aliphatic carbocycles. The minimum Gasteiger partial charge on any atom is -0.361 e. The van der Waals surface area contributed by atoms with Crippen LogP contribution in [0.15, 0.2) is 34.9 Å². The number of aromatic nitrogens is 1. The summed E-state index contributed by atoms with van der Waals surface area (Å²) in [4.78, 5) is 12.3. The van der Waals surface area contributed by atoms with E-state index in [1.165, 1.54) is 0 Å². The number of nitrogens with one attached hydrogen (secondary N) is 1. The maximum atomic E-state index is 12.3. The van der Waals surface area contributed by atoms with Crippen molar-refractivity contribution in [1.82, 2.24) is 10.5 Å². The van der Waals surface area contributed by atoms with Crippen LogP contribution in [-0.2, 0) is 6.42 Å². The van der Waals surface area contributed by atoms with Crippen molar-refractivity contribution >= 4 is 5.91 Å². The number of carbonyl (C=O) groups is 1. The molecule has 1 amide bonds. The molecule has 2 aromatic rings. The standard InChI is InChI=1S/C15H18N2O2/c1-4-13-14(11(3)19-17-13)15(18)16-10(2)12-8-6-5-7-9-12/h5-10H,4H2,1-3H3,(H,16,18)/t10-/m1/s1. The van der Waals surface area contributed by atoms with Gasteiger partial charge in [0.25, 0.3) is 5.91 Å². The molecule has 0 aliphatic rings. The first-order chi connectivity index (χ1) is 9.13. The summed E-state index contributed by atoms with van der Waals surface area (Å²) < 4.78 is 5.08. The molecule has 1 aromatic heterocycles. The average Bonchev–Trinajstić information content (AvgIpc) is 2.80. The number of hydrogen-bond donors (Lipinski definition) is 1. The largest absolute Gasteiger partial charge is 0.361 e. The Labute approximate surface area is 112 Å². The fourth-order valence-electron chi connectivity index (χ4n) is 2.04. The van der Waals surface area contributed by atoms with E-state index < -0.39 is 0 Å². The predicted molar refractivity (Wildman–Crippen MR) is 72.9 cm³/mol. The van der Waals surface area contributed by atoms with Gasteiger partial charge in [0.15, 0.2) is 0 Å². The Balaban J connectivity index is 2.15. The van der Waals surface area contributed by atoms with E-state index in [2.05, 4.69) is 10.5 Å². The normalized spacial score (nSPS) is 12.2. The van der Waals surface area contributed by atoms with Crippen molar-refractivity contribution in [2.75, 3.05) is 0 Å². The van der Waals surface area contributed by atoms with Gasteiger partial charge in [-0.3, -0.25) is 4.79 Å². The summed E-state index contributed by atoms with van der Waals surface area (Å²) in [6.07, 6.45) is 0.680. The fraction of sp³-hybridized carbons (Fsp3) is 0.333. The zero-order chi connectivity index (χ0) is 13.8. The molecule has 2 rings (SSSR count). The summed E-state index contributed by atoms with van der Waals surface area (Å²) in [5.74, 6) is 0.432. The summed E-state index contributed by atoms with van der Waals surface area (Å²) >= 11 is 0. The van der Waals surface area contributed by atoms with Crippen molar-refractivity contribution < 1.29 is 9.32 Å². The summed E-state index contributed by atoms with van der Waals surface area (Å²) in [5, 5.41) is 6.87. The topological polar surface area (TPSA) is 55.1 Å². The third-order valence-electron chi connectivity index (χ3n) is 3.14. The Kier molecular flexibility index (Phi) is 4.00. The molecule has 1 heterocycles. The van der Waals surface area contributed by atoms with E-state index >= 15 is 0 Å². The highest BCUT2D eigenvalue weighted by molar-refractivity contribution is 5.96. The first kappa shape index (κ1) is 13.3. The Morgan fingerprint density at radius 1 is 1.37 bits per heavy atom. The highest BCUT2D eigenvalue weighted by Crippen LogP contribution is 2.17. The molecule has 0 unspecified atom stereocenters. The van der Waals surface area contributed by atoms with Gasteiger partial charge in [-0.1, -0.05) is 42.4 Å². The van der Waals surface area contributed by atoms with Gasteiger partial charge < -0.3 is 9.84 Å². The molecule has 1 atom stereocenters. The van der Waals surface area contributed by atoms with Crippen LogP contribution >= 0.6 is 0 Å². The number of amides is 1. The van der Waals surface area contributed by atoms with Gasteiger partial charge in [0, 0.05) is 0 Å². The highest BCUT2D eigenvalue weighted by Gasteiger charge is 2.20. The second-order valence-electron chi connectivity index (χ2n) is 4.52. The molecule has 0 saturated heterocycles. The lowest BCUT2D eigenvalue weighted by atomic mass is 10.1. The van der Waals surface area contributed by atoms with E-state index in [-0.39, 0.29) is 11.9 Å². The third-order valence-corrected chi connectivity index (χ3v) is 3.14. The van der Waals surface area contributed by atoms with Gasteiger partial charge >= 0.3 is 0 Å². The van der Waals surface area contributed by atoms with Crippen LogP contribution < -0.4 is 5.32 Å². The minimum atomic E-state index is -0.132. The van der Waals surface area contributed by atoms with Crippen LogP contribution in [0.4, 0.5) is 0 Å². The molecule has 4 heteroatoms. The van der Waals surface area contributed by atoms with Crippen LogP contribution in [0.2, 0.25) is 0 Å². The van der Waals surface area contributed by atoms with Gasteiger partial charge in [-0.05, 0) is 25.8 Å². The quantitative estimate of drug-likeness (QED) is 0.917. The van der Waals surface area contributed by atoms with Gasteiger partial charge in [-0.2, -0.15) is 0 Å². The number of aryl methyl sites for hydroxylation is 2. The molecular formula is C15H18N2O2. The molecule has 1 N–H and O–H groups in total. The van der Waals surface area contributed by atoms with E-state index in [0.717, 1.165) is 5.56 Å². The lowest BCUT2D eigenvalue weighted by Gasteiger charge is -2.14. The van der Waals surface area contributed by atoms with Crippen molar-refractivity contribution in [2.24, 2.45) is 0 Å². The Morgan fingerprint density at radius 2 is 2.05 bits per heavy atom. The summed E-state index contributed by atoms with van der Waals surface area (Å²) in [6.45, 7) is 5.67. The first-order valence-electron chi connectivity index (χ1n) is 6.44. The third kappa shape index (κ3) is 2.84. The SMILES string of the molecule is CCc1noc(C)c1C(=O)N[C@H](C)c1ccccc1. The Hall–Kier alpha value is -2.10. The molecule has 0 bridgehead atoms. The molecule has 0 spiro atoms. The summed E-state index contributed by atoms with van der Waals surface area (Å²) in [6, 6.07) is 9.81. The van der Waals surface area contributed by atoms with E-state index in [9.17, 15) is 4.79 Å². The molecule has 0 fully saturated rings. The van der Waals surface area contributed by atoms with Crippen molar-refractivity contribution in [1.29, 1.82) is 0 Å². The number of rotatable bonds is 4. The maximum Gasteiger partial charge on any atom is 0.257 e. The molecule has 0 radical (unpaired) electrons. The lowest BCUT2D eigenvalue weighted by Crippen LogP contribution is -2.27.